The molecule has 4 heteroatoms. The number of aliphatic hydroxyl groups excluding tert-OH is 1. The predicted octanol–water partition coefficient (Wildman–Crippen LogP) is 2.62. The fourth-order valence-corrected chi connectivity index (χ4v) is 2.79. The molecule has 1 N–H and O–H groups in total. The van der Waals surface area contributed by atoms with Gasteiger partial charge in [0.2, 0.25) is 0 Å². The summed E-state index contributed by atoms with van der Waals surface area (Å²) in [6.07, 6.45) is 0.246. The van der Waals surface area contributed by atoms with Crippen LogP contribution in [0.15, 0.2) is 42.5 Å². The van der Waals surface area contributed by atoms with Gasteiger partial charge in [0.1, 0.15) is 11.9 Å². The standard InChI is InChI=1S/C17H15FN2O/c18-16-6-5-12(7-14(16)9-19)10-20-11-15(21)8-13-3-1-2-4-17(13)20/h1-7,15,21H,8,10-11H2. The molecule has 1 heterocycles. The number of β-amino-alcohol motifs (C(OH)–C–C–N with tert-alkyl or cyclic N) is 1. The molecular formula is C17H15FN2O. The van der Waals surface area contributed by atoms with Gasteiger partial charge in [-0.1, -0.05) is 24.3 Å². The number of hydrogen-bond acceptors (Lipinski definition) is 3. The Balaban J connectivity index is 1.90. The number of fused-ring (bicyclic) bond motifs is 1. The van der Waals surface area contributed by atoms with Crippen molar-refractivity contribution < 1.29 is 9.50 Å². The Bertz CT molecular complexity index is 708. The Labute approximate surface area is 122 Å². The van der Waals surface area contributed by atoms with E-state index in [4.69, 9.17) is 5.26 Å². The Kier molecular flexibility index (Phi) is 3.59. The van der Waals surface area contributed by atoms with Gasteiger partial charge in [0.25, 0.3) is 0 Å². The predicted molar refractivity (Wildman–Crippen MR) is 78.3 cm³/mol. The molecule has 0 fully saturated rings. The molecule has 21 heavy (non-hydrogen) atoms. The first-order valence-corrected chi connectivity index (χ1v) is 6.87. The summed E-state index contributed by atoms with van der Waals surface area (Å²) in [5.74, 6) is -0.500. The zero-order valence-electron chi connectivity index (χ0n) is 11.5. The number of nitriles is 1. The van der Waals surface area contributed by atoms with Crippen LogP contribution in [0.2, 0.25) is 0 Å². The van der Waals surface area contributed by atoms with E-state index in [1.54, 1.807) is 12.1 Å². The molecule has 0 saturated carbocycles. The van der Waals surface area contributed by atoms with Gasteiger partial charge in [-0.2, -0.15) is 5.26 Å². The summed E-state index contributed by atoms with van der Waals surface area (Å²) in [4.78, 5) is 2.07. The largest absolute Gasteiger partial charge is 0.391 e. The molecule has 1 atom stereocenters. The zero-order valence-corrected chi connectivity index (χ0v) is 11.5. The van der Waals surface area contributed by atoms with Crippen LogP contribution in [0.4, 0.5) is 10.1 Å². The summed E-state index contributed by atoms with van der Waals surface area (Å²) in [5, 5.41) is 18.9. The van der Waals surface area contributed by atoms with Gasteiger partial charge in [0.15, 0.2) is 0 Å². The van der Waals surface area contributed by atoms with E-state index < -0.39 is 11.9 Å². The molecule has 3 rings (SSSR count). The van der Waals surface area contributed by atoms with Gasteiger partial charge in [-0.15, -0.1) is 0 Å². The summed E-state index contributed by atoms with van der Waals surface area (Å²) in [7, 11) is 0. The average molecular weight is 282 g/mol. The first kappa shape index (κ1) is 13.6. The lowest BCUT2D eigenvalue weighted by atomic mass is 9.99. The lowest BCUT2D eigenvalue weighted by Crippen LogP contribution is -2.38. The Morgan fingerprint density at radius 3 is 2.90 bits per heavy atom. The van der Waals surface area contributed by atoms with Crippen LogP contribution in [0, 0.1) is 17.1 Å². The minimum Gasteiger partial charge on any atom is -0.391 e. The van der Waals surface area contributed by atoms with E-state index in [1.807, 2.05) is 30.3 Å². The number of para-hydroxylation sites is 1. The number of rotatable bonds is 2. The lowest BCUT2D eigenvalue weighted by molar-refractivity contribution is 0.174. The van der Waals surface area contributed by atoms with Gasteiger partial charge in [0.05, 0.1) is 11.7 Å². The summed E-state index contributed by atoms with van der Waals surface area (Å²) in [5.41, 5.74) is 3.11. The summed E-state index contributed by atoms with van der Waals surface area (Å²) in [6.45, 7) is 1.08. The van der Waals surface area contributed by atoms with Gasteiger partial charge in [0, 0.05) is 25.2 Å². The van der Waals surface area contributed by atoms with Crippen LogP contribution in [0.5, 0.6) is 0 Å². The highest BCUT2D eigenvalue weighted by Gasteiger charge is 2.22. The van der Waals surface area contributed by atoms with E-state index in [2.05, 4.69) is 4.90 Å². The minimum absolute atomic E-state index is 0.0540. The van der Waals surface area contributed by atoms with E-state index in [0.29, 0.717) is 19.5 Å². The second-order valence-electron chi connectivity index (χ2n) is 5.29. The third kappa shape index (κ3) is 2.74. The monoisotopic (exact) mass is 282 g/mol. The molecule has 0 bridgehead atoms. The maximum Gasteiger partial charge on any atom is 0.140 e. The topological polar surface area (TPSA) is 47.3 Å². The number of benzene rings is 2. The van der Waals surface area contributed by atoms with Crippen LogP contribution >= 0.6 is 0 Å². The van der Waals surface area contributed by atoms with Crippen molar-refractivity contribution in [3.05, 3.63) is 65.0 Å². The second kappa shape index (κ2) is 5.55. The molecule has 3 nitrogen and oxygen atoms in total. The van der Waals surface area contributed by atoms with Crippen molar-refractivity contribution in [1.29, 1.82) is 5.26 Å². The molecule has 2 aromatic carbocycles. The van der Waals surface area contributed by atoms with Crippen molar-refractivity contribution in [3.8, 4) is 6.07 Å². The maximum atomic E-state index is 13.4. The molecule has 1 unspecified atom stereocenters. The van der Waals surface area contributed by atoms with Crippen molar-refractivity contribution >= 4 is 5.69 Å². The van der Waals surface area contributed by atoms with Gasteiger partial charge in [-0.25, -0.2) is 4.39 Å². The van der Waals surface area contributed by atoms with Crippen molar-refractivity contribution in [2.24, 2.45) is 0 Å². The number of anilines is 1. The average Bonchev–Trinajstić information content (AvgIpc) is 2.49. The molecule has 0 aromatic heterocycles. The smallest absolute Gasteiger partial charge is 0.140 e. The number of nitrogens with zero attached hydrogens (tertiary/aromatic N) is 2. The molecule has 1 aliphatic heterocycles. The van der Waals surface area contributed by atoms with Crippen molar-refractivity contribution in [2.45, 2.75) is 19.1 Å². The molecule has 0 radical (unpaired) electrons. The Hall–Kier alpha value is -2.38. The number of halogens is 1. The molecule has 0 amide bonds. The zero-order chi connectivity index (χ0) is 14.8. The molecule has 106 valence electrons. The highest BCUT2D eigenvalue weighted by Crippen LogP contribution is 2.28. The Morgan fingerprint density at radius 1 is 1.29 bits per heavy atom. The van der Waals surface area contributed by atoms with Crippen molar-refractivity contribution in [2.75, 3.05) is 11.4 Å². The summed E-state index contributed by atoms with van der Waals surface area (Å²) in [6, 6.07) is 14.4. The van der Waals surface area contributed by atoms with Crippen LogP contribution in [0.25, 0.3) is 0 Å². The van der Waals surface area contributed by atoms with E-state index in [1.165, 1.54) is 6.07 Å². The van der Waals surface area contributed by atoms with Gasteiger partial charge in [-0.3, -0.25) is 0 Å². The van der Waals surface area contributed by atoms with Crippen LogP contribution in [0.1, 0.15) is 16.7 Å². The van der Waals surface area contributed by atoms with Gasteiger partial charge >= 0.3 is 0 Å². The van der Waals surface area contributed by atoms with E-state index in [-0.39, 0.29) is 5.56 Å². The lowest BCUT2D eigenvalue weighted by Gasteiger charge is -2.34. The number of hydrogen-bond donors (Lipinski definition) is 1. The molecule has 2 aromatic rings. The van der Waals surface area contributed by atoms with E-state index in [9.17, 15) is 9.50 Å². The maximum absolute atomic E-state index is 13.4. The van der Waals surface area contributed by atoms with Gasteiger partial charge in [-0.05, 0) is 29.3 Å². The quantitative estimate of drug-likeness (QED) is 0.921. The number of aliphatic hydroxyl groups is 1. The van der Waals surface area contributed by atoms with E-state index in [0.717, 1.165) is 16.8 Å². The van der Waals surface area contributed by atoms with Crippen LogP contribution in [-0.2, 0) is 13.0 Å². The van der Waals surface area contributed by atoms with Crippen LogP contribution in [-0.4, -0.2) is 17.8 Å². The highest BCUT2D eigenvalue weighted by atomic mass is 19.1. The first-order valence-electron chi connectivity index (χ1n) is 6.87. The fourth-order valence-electron chi connectivity index (χ4n) is 2.79. The molecule has 0 saturated heterocycles. The molecule has 1 aliphatic rings. The molecule has 0 aliphatic carbocycles. The molecule has 0 spiro atoms. The van der Waals surface area contributed by atoms with Crippen LogP contribution in [0.3, 0.4) is 0 Å². The van der Waals surface area contributed by atoms with Gasteiger partial charge < -0.3 is 10.0 Å². The second-order valence-corrected chi connectivity index (χ2v) is 5.29. The normalized spacial score (nSPS) is 17.2. The van der Waals surface area contributed by atoms with Crippen molar-refractivity contribution in [1.82, 2.24) is 0 Å². The van der Waals surface area contributed by atoms with Crippen LogP contribution < -0.4 is 4.90 Å². The van der Waals surface area contributed by atoms with Crippen molar-refractivity contribution in [3.63, 3.8) is 0 Å². The molecular weight excluding hydrogens is 267 g/mol. The highest BCUT2D eigenvalue weighted by molar-refractivity contribution is 5.56. The Morgan fingerprint density at radius 2 is 2.10 bits per heavy atom. The third-order valence-corrected chi connectivity index (χ3v) is 3.74. The SMILES string of the molecule is N#Cc1cc(CN2CC(O)Cc3ccccc32)ccc1F. The summed E-state index contributed by atoms with van der Waals surface area (Å²) >= 11 is 0. The fraction of sp³-hybridized carbons (Fsp3) is 0.235. The third-order valence-electron chi connectivity index (χ3n) is 3.74. The van der Waals surface area contributed by atoms with E-state index >= 15 is 0 Å². The first-order chi connectivity index (χ1) is 10.2. The summed E-state index contributed by atoms with van der Waals surface area (Å²) < 4.78 is 13.4. The minimum atomic E-state index is -0.500.